The number of carbonyl (C=O) groups is 2. The predicted molar refractivity (Wildman–Crippen MR) is 121 cm³/mol. The van der Waals surface area contributed by atoms with Gasteiger partial charge in [0.25, 0.3) is 0 Å². The molecule has 0 radical (unpaired) electrons. The second-order valence-corrected chi connectivity index (χ2v) is 5.69. The fraction of sp³-hybridized carbons (Fsp3) is 0.320. The van der Waals surface area contributed by atoms with Crippen molar-refractivity contribution in [3.63, 3.8) is 0 Å². The van der Waals surface area contributed by atoms with Gasteiger partial charge < -0.3 is 4.74 Å². The zero-order chi connectivity index (χ0) is 22.1. The number of ketones is 2. The van der Waals surface area contributed by atoms with Gasteiger partial charge in [-0.2, -0.15) is 0 Å². The van der Waals surface area contributed by atoms with Crippen LogP contribution in [-0.2, 0) is 16.0 Å². The number of fused-ring (bicyclic) bond motifs is 1. The van der Waals surface area contributed by atoms with Gasteiger partial charge in [0, 0.05) is 18.0 Å². The van der Waals surface area contributed by atoms with Crippen LogP contribution in [0.1, 0.15) is 47.1 Å². The Labute approximate surface area is 174 Å². The highest BCUT2D eigenvalue weighted by atomic mass is 16.5. The molecular formula is C25H33NO3. The van der Waals surface area contributed by atoms with E-state index in [0.29, 0.717) is 12.2 Å². The highest BCUT2D eigenvalue weighted by Crippen LogP contribution is 2.22. The molecule has 1 aromatic heterocycles. The largest absolute Gasteiger partial charge is 0.484 e. The van der Waals surface area contributed by atoms with E-state index in [0.717, 1.165) is 16.5 Å². The summed E-state index contributed by atoms with van der Waals surface area (Å²) in [6.07, 6.45) is 2.27. The summed E-state index contributed by atoms with van der Waals surface area (Å²) in [5.74, 6) is 0.873. The lowest BCUT2D eigenvalue weighted by Crippen LogP contribution is -2.06. The minimum absolute atomic E-state index is 0.00272. The van der Waals surface area contributed by atoms with Crippen LogP contribution in [-0.4, -0.2) is 23.2 Å². The number of para-hydroxylation sites is 1. The Balaban J connectivity index is 0.000000488. The van der Waals surface area contributed by atoms with E-state index in [-0.39, 0.29) is 18.2 Å². The highest BCUT2D eigenvalue weighted by Gasteiger charge is 2.03. The smallest absolute Gasteiger partial charge is 0.167 e. The van der Waals surface area contributed by atoms with E-state index in [4.69, 9.17) is 4.74 Å². The summed E-state index contributed by atoms with van der Waals surface area (Å²) in [5, 5.41) is 1.01. The standard InChI is InChI=1S/C12H11NO2.C9H10O.2C2H6/c1-9(14)8-15-11-6-2-4-10-5-3-7-13-12(10)11;1-8(10)7-9-5-3-2-4-6-9;2*1-2/h2-7H,8H2,1H3;2-6H,7H2,1H3;2*1-2H3. The summed E-state index contributed by atoms with van der Waals surface area (Å²) >= 11 is 0. The molecule has 156 valence electrons. The number of rotatable bonds is 5. The van der Waals surface area contributed by atoms with Crippen LogP contribution in [0.4, 0.5) is 0 Å². The van der Waals surface area contributed by atoms with Gasteiger partial charge in [-0.1, -0.05) is 76.2 Å². The van der Waals surface area contributed by atoms with Crippen LogP contribution in [0.15, 0.2) is 66.9 Å². The Kier molecular flexibility index (Phi) is 14.3. The van der Waals surface area contributed by atoms with Crippen molar-refractivity contribution in [2.24, 2.45) is 0 Å². The molecule has 3 aromatic rings. The number of benzene rings is 2. The van der Waals surface area contributed by atoms with Gasteiger partial charge in [0.05, 0.1) is 0 Å². The van der Waals surface area contributed by atoms with Crippen molar-refractivity contribution in [2.75, 3.05) is 6.61 Å². The summed E-state index contributed by atoms with van der Waals surface area (Å²) in [6.45, 7) is 11.2. The number of hydrogen-bond donors (Lipinski definition) is 0. The van der Waals surface area contributed by atoms with Crippen molar-refractivity contribution in [3.8, 4) is 5.75 Å². The molecule has 0 unspecified atom stereocenters. The summed E-state index contributed by atoms with van der Waals surface area (Å²) < 4.78 is 5.37. The molecule has 0 spiro atoms. The van der Waals surface area contributed by atoms with Crippen molar-refractivity contribution in [1.82, 2.24) is 4.98 Å². The molecule has 1 heterocycles. The molecule has 0 aliphatic carbocycles. The van der Waals surface area contributed by atoms with Crippen molar-refractivity contribution in [1.29, 1.82) is 0 Å². The third-order valence-corrected chi connectivity index (χ3v) is 3.32. The summed E-state index contributed by atoms with van der Waals surface area (Å²) in [4.78, 5) is 25.6. The van der Waals surface area contributed by atoms with Gasteiger partial charge in [-0.15, -0.1) is 0 Å². The first-order chi connectivity index (χ1) is 14.1. The molecule has 0 bridgehead atoms. The van der Waals surface area contributed by atoms with Crippen LogP contribution in [0.5, 0.6) is 5.75 Å². The molecule has 2 aromatic carbocycles. The first-order valence-electron chi connectivity index (χ1n) is 10.1. The number of Topliss-reactive ketones (excluding diaryl/α,β-unsaturated/α-hetero) is 2. The van der Waals surface area contributed by atoms with Crippen molar-refractivity contribution in [3.05, 3.63) is 72.4 Å². The third-order valence-electron chi connectivity index (χ3n) is 3.32. The second-order valence-electron chi connectivity index (χ2n) is 5.69. The molecule has 0 N–H and O–H groups in total. The number of nitrogens with zero attached hydrogens (tertiary/aromatic N) is 1. The minimum Gasteiger partial charge on any atom is -0.484 e. The molecule has 4 nitrogen and oxygen atoms in total. The first kappa shape index (κ1) is 26.0. The fourth-order valence-electron chi connectivity index (χ4n) is 2.26. The van der Waals surface area contributed by atoms with E-state index in [1.54, 1.807) is 13.1 Å². The van der Waals surface area contributed by atoms with E-state index < -0.39 is 0 Å². The van der Waals surface area contributed by atoms with Crippen LogP contribution in [0.3, 0.4) is 0 Å². The minimum atomic E-state index is 0.00272. The van der Waals surface area contributed by atoms with Gasteiger partial charge in [-0.05, 0) is 31.5 Å². The normalized spacial score (nSPS) is 8.90. The number of hydrogen-bond acceptors (Lipinski definition) is 4. The first-order valence-corrected chi connectivity index (χ1v) is 10.1. The Hall–Kier alpha value is -3.01. The van der Waals surface area contributed by atoms with E-state index in [1.165, 1.54) is 6.92 Å². The third kappa shape index (κ3) is 10.8. The molecule has 0 atom stereocenters. The van der Waals surface area contributed by atoms with Crippen LogP contribution in [0.25, 0.3) is 10.9 Å². The van der Waals surface area contributed by atoms with Crippen molar-refractivity contribution in [2.45, 2.75) is 48.0 Å². The van der Waals surface area contributed by atoms with E-state index in [2.05, 4.69) is 4.98 Å². The predicted octanol–water partition coefficient (Wildman–Crippen LogP) is 6.07. The number of ether oxygens (including phenoxy) is 1. The maximum absolute atomic E-state index is 10.8. The molecule has 0 saturated carbocycles. The molecule has 3 rings (SSSR count). The Morgan fingerprint density at radius 2 is 1.41 bits per heavy atom. The number of aromatic nitrogens is 1. The van der Waals surface area contributed by atoms with E-state index in [1.807, 2.05) is 88.4 Å². The average Bonchev–Trinajstić information content (AvgIpc) is 2.76. The van der Waals surface area contributed by atoms with Gasteiger partial charge in [-0.25, -0.2) is 0 Å². The summed E-state index contributed by atoms with van der Waals surface area (Å²) in [6, 6.07) is 19.3. The van der Waals surface area contributed by atoms with Gasteiger partial charge >= 0.3 is 0 Å². The number of pyridine rings is 1. The quantitative estimate of drug-likeness (QED) is 0.526. The maximum atomic E-state index is 10.8. The van der Waals surface area contributed by atoms with Crippen LogP contribution in [0, 0.1) is 0 Å². The SMILES string of the molecule is CC.CC.CC(=O)COc1cccc2cccnc12.CC(=O)Cc1ccccc1. The Morgan fingerprint density at radius 1 is 0.793 bits per heavy atom. The van der Waals surface area contributed by atoms with Crippen LogP contribution in [0.2, 0.25) is 0 Å². The topological polar surface area (TPSA) is 56.3 Å². The molecule has 4 heteroatoms. The second kappa shape index (κ2) is 16.0. The lowest BCUT2D eigenvalue weighted by atomic mass is 10.1. The molecule has 0 aliphatic heterocycles. The molecular weight excluding hydrogens is 362 g/mol. The highest BCUT2D eigenvalue weighted by molar-refractivity contribution is 5.85. The van der Waals surface area contributed by atoms with Crippen molar-refractivity contribution >= 4 is 22.5 Å². The number of carbonyl (C=O) groups excluding carboxylic acids is 2. The van der Waals surface area contributed by atoms with Gasteiger partial charge in [0.15, 0.2) is 5.78 Å². The van der Waals surface area contributed by atoms with Gasteiger partial charge in [0.2, 0.25) is 0 Å². The van der Waals surface area contributed by atoms with Crippen LogP contribution >= 0.6 is 0 Å². The lowest BCUT2D eigenvalue weighted by Gasteiger charge is -2.06. The average molecular weight is 396 g/mol. The lowest BCUT2D eigenvalue weighted by molar-refractivity contribution is -0.119. The molecule has 0 fully saturated rings. The molecule has 0 amide bonds. The Morgan fingerprint density at radius 3 is 2.00 bits per heavy atom. The van der Waals surface area contributed by atoms with E-state index >= 15 is 0 Å². The van der Waals surface area contributed by atoms with Gasteiger partial charge in [0.1, 0.15) is 23.7 Å². The zero-order valence-corrected chi connectivity index (χ0v) is 18.4. The Bertz CT molecular complexity index is 840. The monoisotopic (exact) mass is 395 g/mol. The van der Waals surface area contributed by atoms with Crippen LogP contribution < -0.4 is 4.74 Å². The van der Waals surface area contributed by atoms with Gasteiger partial charge in [-0.3, -0.25) is 14.6 Å². The maximum Gasteiger partial charge on any atom is 0.167 e. The molecule has 0 aliphatic rings. The molecule has 0 saturated heterocycles. The summed E-state index contributed by atoms with van der Waals surface area (Å²) in [5.41, 5.74) is 1.89. The van der Waals surface area contributed by atoms with Crippen molar-refractivity contribution < 1.29 is 14.3 Å². The molecule has 29 heavy (non-hydrogen) atoms. The summed E-state index contributed by atoms with van der Waals surface area (Å²) in [7, 11) is 0. The zero-order valence-electron chi connectivity index (χ0n) is 18.4. The van der Waals surface area contributed by atoms with E-state index in [9.17, 15) is 9.59 Å². The fourth-order valence-corrected chi connectivity index (χ4v) is 2.26.